The molecule has 0 radical (unpaired) electrons. The van der Waals surface area contributed by atoms with Crippen molar-refractivity contribution in [2.24, 2.45) is 14.1 Å². The molecule has 1 heterocycles. The fourth-order valence-electron chi connectivity index (χ4n) is 2.67. The molecule has 0 unspecified atom stereocenters. The summed E-state index contributed by atoms with van der Waals surface area (Å²) in [6.07, 6.45) is 4.02. The zero-order valence-corrected chi connectivity index (χ0v) is 11.8. The third-order valence-corrected chi connectivity index (χ3v) is 3.94. The van der Waals surface area contributed by atoms with Gasteiger partial charge in [-0.2, -0.15) is 0 Å². The Kier molecular flexibility index (Phi) is 4.05. The quantitative estimate of drug-likeness (QED) is 0.423. The molecule has 100 valence electrons. The Morgan fingerprint density at radius 1 is 1.37 bits per heavy atom. The van der Waals surface area contributed by atoms with Crippen molar-refractivity contribution in [1.82, 2.24) is 4.57 Å². The maximum atomic E-state index is 12.1. The van der Waals surface area contributed by atoms with Crippen molar-refractivity contribution >= 4 is 19.0 Å². The van der Waals surface area contributed by atoms with Crippen LogP contribution >= 0.6 is 0 Å². The molecule has 0 fully saturated rings. The first kappa shape index (κ1) is 13.4. The van der Waals surface area contributed by atoms with E-state index in [1.807, 2.05) is 56.8 Å². The Morgan fingerprint density at radius 3 is 2.58 bits per heavy atom. The number of carbonyl (C=O) groups is 1. The van der Waals surface area contributed by atoms with E-state index in [0.717, 1.165) is 5.56 Å². The highest BCUT2D eigenvalue weighted by molar-refractivity contribution is 6.56. The van der Waals surface area contributed by atoms with Gasteiger partial charge in [-0.1, -0.05) is 35.9 Å². The minimum atomic E-state index is -0.674. The number of hydrogen-bond donors (Lipinski definition) is 0. The predicted molar refractivity (Wildman–Crippen MR) is 76.0 cm³/mol. The van der Waals surface area contributed by atoms with Crippen LogP contribution in [0.5, 0.6) is 0 Å². The number of aromatic nitrogens is 2. The summed E-state index contributed by atoms with van der Waals surface area (Å²) < 4.78 is 9.13. The van der Waals surface area contributed by atoms with Crippen LogP contribution in [-0.4, -0.2) is 24.9 Å². The summed E-state index contributed by atoms with van der Waals surface area (Å²) in [5.41, 5.74) is 2.25. The second-order valence-electron chi connectivity index (χ2n) is 5.01. The van der Waals surface area contributed by atoms with Crippen LogP contribution < -0.4 is 10.3 Å². The Morgan fingerprint density at radius 2 is 2.05 bits per heavy atom. The molecule has 0 aliphatic heterocycles. The summed E-state index contributed by atoms with van der Waals surface area (Å²) in [4.78, 5) is 12.1. The van der Waals surface area contributed by atoms with Crippen LogP contribution in [0.3, 0.4) is 0 Å². The Hall–Kier alpha value is -2.04. The molecule has 1 atom stereocenters. The predicted octanol–water partition coefficient (Wildman–Crippen LogP) is -0.442. The first-order valence-corrected chi connectivity index (χ1v) is 6.57. The second-order valence-corrected chi connectivity index (χ2v) is 5.01. The lowest BCUT2D eigenvalue weighted by Gasteiger charge is -2.18. The van der Waals surface area contributed by atoms with Crippen LogP contribution in [0.4, 0.5) is 0 Å². The molecule has 4 nitrogen and oxygen atoms in total. The number of aryl methyl sites for hydroxylation is 2. The number of carbonyl (C=O) groups excluding carboxylic acids is 1. The van der Waals surface area contributed by atoms with Gasteiger partial charge < -0.3 is 4.74 Å². The number of imidazole rings is 1. The zero-order chi connectivity index (χ0) is 13.8. The molecule has 2 rings (SSSR count). The number of esters is 1. The van der Waals surface area contributed by atoms with Gasteiger partial charge in [0.2, 0.25) is 0 Å². The molecule has 0 amide bonds. The average Bonchev–Trinajstić information content (AvgIpc) is 2.76. The smallest absolute Gasteiger partial charge is 0.277 e. The maximum absolute atomic E-state index is 12.1. The Labute approximate surface area is 113 Å². The molecule has 2 aromatic rings. The summed E-state index contributed by atoms with van der Waals surface area (Å²) in [7, 11) is 4.80. The van der Waals surface area contributed by atoms with Crippen molar-refractivity contribution in [3.8, 4) is 0 Å². The van der Waals surface area contributed by atoms with Crippen LogP contribution in [-0.2, 0) is 23.6 Å². The number of rotatable bonds is 4. The topological polar surface area (TPSA) is 35.1 Å². The summed E-state index contributed by atoms with van der Waals surface area (Å²) >= 11 is 0. The highest BCUT2D eigenvalue weighted by Crippen LogP contribution is 2.15. The van der Waals surface area contributed by atoms with Crippen molar-refractivity contribution in [3.05, 3.63) is 48.3 Å². The van der Waals surface area contributed by atoms with E-state index >= 15 is 0 Å². The number of hydrogen-bond acceptors (Lipinski definition) is 2. The van der Waals surface area contributed by atoms with Crippen LogP contribution in [0.2, 0.25) is 0 Å². The number of benzene rings is 1. The highest BCUT2D eigenvalue weighted by atomic mass is 16.5. The summed E-state index contributed by atoms with van der Waals surface area (Å²) in [5.74, 6) is -0.293. The van der Waals surface area contributed by atoms with E-state index in [0.29, 0.717) is 0 Å². The van der Waals surface area contributed by atoms with Gasteiger partial charge in [-0.3, -0.25) is 13.9 Å². The van der Waals surface area contributed by atoms with Crippen LogP contribution in [0.25, 0.3) is 0 Å². The van der Waals surface area contributed by atoms with Crippen LogP contribution in [0.15, 0.2) is 42.7 Å². The van der Waals surface area contributed by atoms with Gasteiger partial charge in [-0.05, 0) is 5.82 Å². The second kappa shape index (κ2) is 5.74. The van der Waals surface area contributed by atoms with E-state index in [9.17, 15) is 4.79 Å². The van der Waals surface area contributed by atoms with Gasteiger partial charge in [0.25, 0.3) is 5.97 Å². The minimum Gasteiger partial charge on any atom is -0.471 e. The molecule has 0 spiro atoms. The fourth-order valence-corrected chi connectivity index (χ4v) is 2.67. The van der Waals surface area contributed by atoms with E-state index in [4.69, 9.17) is 4.74 Å². The van der Waals surface area contributed by atoms with Gasteiger partial charge in [0.1, 0.15) is 19.7 Å². The molecule has 0 saturated carbocycles. The van der Waals surface area contributed by atoms with Crippen molar-refractivity contribution in [3.63, 3.8) is 0 Å². The number of nitrogens with zero attached hydrogens (tertiary/aromatic N) is 2. The average molecular weight is 258 g/mol. The zero-order valence-electron chi connectivity index (χ0n) is 11.8. The first-order chi connectivity index (χ1) is 9.13. The first-order valence-electron chi connectivity index (χ1n) is 6.57. The van der Waals surface area contributed by atoms with Gasteiger partial charge in [-0.25, -0.2) is 0 Å². The normalized spacial score (nSPS) is 12.2. The minimum absolute atomic E-state index is 0.146. The van der Waals surface area contributed by atoms with Gasteiger partial charge in [0.05, 0.1) is 26.9 Å². The van der Waals surface area contributed by atoms with E-state index in [2.05, 4.69) is 9.13 Å². The van der Waals surface area contributed by atoms with Gasteiger partial charge >= 0.3 is 0 Å². The lowest BCUT2D eigenvalue weighted by Crippen LogP contribution is -2.52. The number of methoxy groups -OCH3 is 1. The van der Waals surface area contributed by atoms with E-state index in [1.54, 1.807) is 0 Å². The van der Waals surface area contributed by atoms with E-state index in [-0.39, 0.29) is 11.8 Å². The Balaban J connectivity index is 2.32. The third kappa shape index (κ3) is 2.87. The fraction of sp³-hybridized carbons (Fsp3) is 0.286. The van der Waals surface area contributed by atoms with Crippen LogP contribution in [0.1, 0.15) is 11.4 Å². The maximum Gasteiger partial charge on any atom is 0.277 e. The molecular weight excluding hydrogens is 239 g/mol. The molecule has 1 aromatic heterocycles. The molecule has 0 aliphatic rings. The molecule has 0 aliphatic carbocycles. The van der Waals surface area contributed by atoms with Crippen LogP contribution in [0, 0.1) is 0 Å². The molecular formula is C14H19BN2O2. The van der Waals surface area contributed by atoms with E-state index in [1.165, 1.54) is 12.8 Å². The molecule has 0 bridgehead atoms. The lowest BCUT2D eigenvalue weighted by atomic mass is 9.60. The summed E-state index contributed by atoms with van der Waals surface area (Å²) in [5, 5.41) is 0. The third-order valence-electron chi connectivity index (χ3n) is 3.94. The molecule has 0 N–H and O–H groups in total. The van der Waals surface area contributed by atoms with Gasteiger partial charge in [-0.15, -0.1) is 0 Å². The SMILES string of the molecule is COC(=O)[C@@H]([BH2-]c1n(C)cc[n+]1C)c1ccccc1. The largest absolute Gasteiger partial charge is 0.471 e. The molecule has 1 aromatic carbocycles. The van der Waals surface area contributed by atoms with Crippen molar-refractivity contribution in [1.29, 1.82) is 0 Å². The van der Waals surface area contributed by atoms with Gasteiger partial charge in [0, 0.05) is 0 Å². The van der Waals surface area contributed by atoms with Gasteiger partial charge in [0.15, 0.2) is 0 Å². The van der Waals surface area contributed by atoms with Crippen molar-refractivity contribution in [2.75, 3.05) is 7.11 Å². The highest BCUT2D eigenvalue weighted by Gasteiger charge is 2.21. The van der Waals surface area contributed by atoms with Crippen molar-refractivity contribution < 1.29 is 14.1 Å². The molecule has 19 heavy (non-hydrogen) atoms. The standard InChI is InChI=1S/C14H19BN2O2/c1-16-9-10-17(2)14(16)15-12(13(18)19-3)11-7-5-4-6-8-11/h4-10,12H,15H2,1-3H3/t12-/m0/s1. The molecule has 5 heteroatoms. The Bertz CT molecular complexity index is 547. The monoisotopic (exact) mass is 258 g/mol. The van der Waals surface area contributed by atoms with E-state index < -0.39 is 7.28 Å². The van der Waals surface area contributed by atoms with Crippen molar-refractivity contribution in [2.45, 2.75) is 5.82 Å². The number of ether oxygens (including phenoxy) is 1. The summed E-state index contributed by atoms with van der Waals surface area (Å²) in [6, 6.07) is 9.87. The molecule has 0 saturated heterocycles. The lowest BCUT2D eigenvalue weighted by molar-refractivity contribution is -0.653. The summed E-state index contributed by atoms with van der Waals surface area (Å²) in [6.45, 7) is 0.